The van der Waals surface area contributed by atoms with Gasteiger partial charge in [0.2, 0.25) is 0 Å². The van der Waals surface area contributed by atoms with Crippen LogP contribution in [0.3, 0.4) is 0 Å². The summed E-state index contributed by atoms with van der Waals surface area (Å²) in [6.45, 7) is 2.99. The Kier molecular flexibility index (Phi) is 6.31. The average Bonchev–Trinajstić information content (AvgIpc) is 2.53. The molecule has 0 saturated heterocycles. The predicted molar refractivity (Wildman–Crippen MR) is 81.2 cm³/mol. The second-order valence-electron chi connectivity index (χ2n) is 5.10. The first-order valence-electron chi connectivity index (χ1n) is 7.34. The molecule has 0 spiro atoms. The Morgan fingerprint density at radius 1 is 1.09 bits per heavy atom. The van der Waals surface area contributed by atoms with Gasteiger partial charge in [-0.15, -0.1) is 0 Å². The van der Waals surface area contributed by atoms with Crippen molar-refractivity contribution in [2.75, 3.05) is 6.61 Å². The molecule has 0 amide bonds. The lowest BCUT2D eigenvalue weighted by atomic mass is 10.1. The Hall–Kier alpha value is -2.18. The summed E-state index contributed by atoms with van der Waals surface area (Å²) < 4.78 is 21.5. The van der Waals surface area contributed by atoms with Crippen LogP contribution in [0.4, 0.5) is 0 Å². The Balaban J connectivity index is 1.94. The molecule has 23 heavy (non-hydrogen) atoms. The molecule has 1 aromatic carbocycles. The first-order valence-corrected chi connectivity index (χ1v) is 7.34. The van der Waals surface area contributed by atoms with Crippen molar-refractivity contribution in [2.24, 2.45) is 0 Å². The van der Waals surface area contributed by atoms with E-state index in [1.54, 1.807) is 12.2 Å². The van der Waals surface area contributed by atoms with Crippen molar-refractivity contribution in [1.29, 1.82) is 0 Å². The van der Waals surface area contributed by atoms with E-state index in [-0.39, 0.29) is 6.61 Å². The average molecular weight is 320 g/mol. The summed E-state index contributed by atoms with van der Waals surface area (Å²) in [4.78, 5) is 22.1. The Morgan fingerprint density at radius 3 is 2.48 bits per heavy atom. The van der Waals surface area contributed by atoms with Crippen LogP contribution in [-0.4, -0.2) is 37.0 Å². The lowest BCUT2D eigenvalue weighted by molar-refractivity contribution is -0.200. The first-order chi connectivity index (χ1) is 11.0. The van der Waals surface area contributed by atoms with Gasteiger partial charge in [-0.05, 0) is 17.7 Å². The second kappa shape index (κ2) is 8.45. The van der Waals surface area contributed by atoms with Crippen molar-refractivity contribution in [3.8, 4) is 0 Å². The molecule has 0 radical (unpaired) electrons. The van der Waals surface area contributed by atoms with E-state index in [0.717, 1.165) is 5.56 Å². The third-order valence-electron chi connectivity index (χ3n) is 3.14. The molecule has 0 aliphatic carbocycles. The van der Waals surface area contributed by atoms with E-state index in [1.165, 1.54) is 13.8 Å². The Bertz CT molecular complexity index is 553. The van der Waals surface area contributed by atoms with E-state index >= 15 is 0 Å². The van der Waals surface area contributed by atoms with E-state index in [0.29, 0.717) is 6.61 Å². The Morgan fingerprint density at radius 2 is 1.83 bits per heavy atom. The van der Waals surface area contributed by atoms with Crippen LogP contribution in [0.2, 0.25) is 0 Å². The minimum absolute atomic E-state index is 0.0111. The van der Waals surface area contributed by atoms with Gasteiger partial charge in [0.25, 0.3) is 0 Å². The number of hydrogen-bond acceptors (Lipinski definition) is 6. The van der Waals surface area contributed by atoms with Gasteiger partial charge in [0, 0.05) is 13.8 Å². The Labute approximate surface area is 135 Å². The molecular weight excluding hydrogens is 300 g/mol. The van der Waals surface area contributed by atoms with Crippen LogP contribution in [0, 0.1) is 0 Å². The summed E-state index contributed by atoms with van der Waals surface area (Å²) in [7, 11) is 0. The highest BCUT2D eigenvalue weighted by molar-refractivity contribution is 5.66. The van der Waals surface area contributed by atoms with E-state index in [2.05, 4.69) is 0 Å². The zero-order valence-corrected chi connectivity index (χ0v) is 13.1. The number of hydrogen-bond donors (Lipinski definition) is 0. The standard InChI is InChI=1S/C17H20O6/c1-12(18)20-11-16-15(22-13(2)19)8-9-17(23-16)21-10-14-6-4-3-5-7-14/h3-9,15-17H,10-11H2,1-2H3/t15-,16+,17?/m0/s1. The zero-order valence-electron chi connectivity index (χ0n) is 13.1. The molecular formula is C17H20O6. The van der Waals surface area contributed by atoms with Gasteiger partial charge in [0.15, 0.2) is 6.29 Å². The molecule has 0 bridgehead atoms. The summed E-state index contributed by atoms with van der Waals surface area (Å²) in [6, 6.07) is 9.68. The summed E-state index contributed by atoms with van der Waals surface area (Å²) in [5.41, 5.74) is 1.02. The number of carbonyl (C=O) groups excluding carboxylic acids is 2. The van der Waals surface area contributed by atoms with Crippen molar-refractivity contribution in [3.63, 3.8) is 0 Å². The number of rotatable bonds is 6. The maximum absolute atomic E-state index is 11.1. The molecule has 6 heteroatoms. The maximum Gasteiger partial charge on any atom is 0.303 e. The fourth-order valence-electron chi connectivity index (χ4n) is 2.11. The minimum atomic E-state index is -0.608. The summed E-state index contributed by atoms with van der Waals surface area (Å²) in [5.74, 6) is -0.855. The second-order valence-corrected chi connectivity index (χ2v) is 5.10. The van der Waals surface area contributed by atoms with Crippen molar-refractivity contribution < 1.29 is 28.5 Å². The van der Waals surface area contributed by atoms with E-state index in [1.807, 2.05) is 30.3 Å². The molecule has 3 atom stereocenters. The molecule has 1 aliphatic heterocycles. The highest BCUT2D eigenvalue weighted by Crippen LogP contribution is 2.19. The van der Waals surface area contributed by atoms with Crippen LogP contribution < -0.4 is 0 Å². The van der Waals surface area contributed by atoms with Gasteiger partial charge in [-0.2, -0.15) is 0 Å². The van der Waals surface area contributed by atoms with Crippen molar-refractivity contribution >= 4 is 11.9 Å². The lowest BCUT2D eigenvalue weighted by Gasteiger charge is -2.31. The predicted octanol–water partition coefficient (Wildman–Crippen LogP) is 1.98. The molecule has 1 aliphatic rings. The number of carbonyl (C=O) groups is 2. The van der Waals surface area contributed by atoms with E-state index < -0.39 is 30.4 Å². The first kappa shape index (κ1) is 17.2. The van der Waals surface area contributed by atoms with Crippen LogP contribution in [0.25, 0.3) is 0 Å². The fourth-order valence-corrected chi connectivity index (χ4v) is 2.11. The monoisotopic (exact) mass is 320 g/mol. The molecule has 0 saturated carbocycles. The van der Waals surface area contributed by atoms with Crippen molar-refractivity contribution in [2.45, 2.75) is 39.0 Å². The molecule has 124 valence electrons. The summed E-state index contributed by atoms with van der Waals surface area (Å²) >= 11 is 0. The number of ether oxygens (including phenoxy) is 4. The van der Waals surface area contributed by atoms with Crippen LogP contribution in [0.5, 0.6) is 0 Å². The maximum atomic E-state index is 11.1. The number of esters is 2. The minimum Gasteiger partial charge on any atom is -0.463 e. The van der Waals surface area contributed by atoms with Crippen LogP contribution in [0.15, 0.2) is 42.5 Å². The van der Waals surface area contributed by atoms with Crippen molar-refractivity contribution in [1.82, 2.24) is 0 Å². The molecule has 1 unspecified atom stereocenters. The third-order valence-corrected chi connectivity index (χ3v) is 3.14. The molecule has 1 aromatic rings. The summed E-state index contributed by atoms with van der Waals surface area (Å²) in [5, 5.41) is 0. The van der Waals surface area contributed by atoms with Gasteiger partial charge in [0.1, 0.15) is 18.8 Å². The van der Waals surface area contributed by atoms with Crippen molar-refractivity contribution in [3.05, 3.63) is 48.0 Å². The van der Waals surface area contributed by atoms with Gasteiger partial charge in [0.05, 0.1) is 6.61 Å². The molecule has 0 N–H and O–H groups in total. The number of benzene rings is 1. The van der Waals surface area contributed by atoms with Gasteiger partial charge >= 0.3 is 11.9 Å². The molecule has 1 heterocycles. The van der Waals surface area contributed by atoms with E-state index in [4.69, 9.17) is 18.9 Å². The van der Waals surface area contributed by atoms with Crippen LogP contribution in [0.1, 0.15) is 19.4 Å². The highest BCUT2D eigenvalue weighted by Gasteiger charge is 2.31. The fraction of sp³-hybridized carbons (Fsp3) is 0.412. The summed E-state index contributed by atoms with van der Waals surface area (Å²) in [6.07, 6.45) is 1.56. The molecule has 0 aromatic heterocycles. The lowest BCUT2D eigenvalue weighted by Crippen LogP contribution is -2.42. The smallest absolute Gasteiger partial charge is 0.303 e. The van der Waals surface area contributed by atoms with Crippen LogP contribution in [-0.2, 0) is 35.1 Å². The normalized spacial score (nSPS) is 23.3. The van der Waals surface area contributed by atoms with Gasteiger partial charge in [-0.1, -0.05) is 30.3 Å². The SMILES string of the molecule is CC(=O)OC[C@H]1OC(OCc2ccccc2)C=C[C@@H]1OC(C)=O. The third kappa shape index (κ3) is 5.84. The van der Waals surface area contributed by atoms with Gasteiger partial charge in [-0.25, -0.2) is 0 Å². The molecule has 0 fully saturated rings. The molecule has 2 rings (SSSR count). The zero-order chi connectivity index (χ0) is 16.7. The quantitative estimate of drug-likeness (QED) is 0.589. The topological polar surface area (TPSA) is 71.1 Å². The van der Waals surface area contributed by atoms with Crippen LogP contribution >= 0.6 is 0 Å². The van der Waals surface area contributed by atoms with E-state index in [9.17, 15) is 9.59 Å². The highest BCUT2D eigenvalue weighted by atomic mass is 16.7. The molecule has 6 nitrogen and oxygen atoms in total. The largest absolute Gasteiger partial charge is 0.463 e. The van der Waals surface area contributed by atoms with Gasteiger partial charge < -0.3 is 18.9 Å². The van der Waals surface area contributed by atoms with Gasteiger partial charge in [-0.3, -0.25) is 9.59 Å².